The van der Waals surface area contributed by atoms with E-state index < -0.39 is 0 Å². The van der Waals surface area contributed by atoms with E-state index in [0.29, 0.717) is 17.2 Å². The highest BCUT2D eigenvalue weighted by molar-refractivity contribution is 7.11. The molecular weight excluding hydrogens is 359 g/mol. The van der Waals surface area contributed by atoms with E-state index in [1.807, 2.05) is 35.7 Å². The molecule has 0 radical (unpaired) electrons. The number of benzene rings is 2. The van der Waals surface area contributed by atoms with E-state index >= 15 is 0 Å². The number of ether oxygens (including phenoxy) is 1. The molecule has 3 nitrogen and oxygen atoms in total. The predicted molar refractivity (Wildman–Crippen MR) is 108 cm³/mol. The van der Waals surface area contributed by atoms with Crippen molar-refractivity contribution in [1.82, 2.24) is 4.98 Å². The number of hydrogen-bond acceptors (Lipinski definition) is 4. The molecule has 0 aliphatic carbocycles. The second-order valence-corrected chi connectivity index (χ2v) is 6.84. The Hall–Kier alpha value is -2.97. The van der Waals surface area contributed by atoms with Crippen molar-refractivity contribution in [2.75, 3.05) is 6.61 Å². The van der Waals surface area contributed by atoms with E-state index in [-0.39, 0.29) is 5.82 Å². The molecule has 136 valence electrons. The first kappa shape index (κ1) is 18.8. The highest BCUT2D eigenvalue weighted by Gasteiger charge is 2.09. The molecule has 0 aliphatic heterocycles. The van der Waals surface area contributed by atoms with Crippen LogP contribution in [0.5, 0.6) is 5.75 Å². The van der Waals surface area contributed by atoms with Crippen LogP contribution >= 0.6 is 11.3 Å². The van der Waals surface area contributed by atoms with Gasteiger partial charge in [0.05, 0.1) is 17.9 Å². The summed E-state index contributed by atoms with van der Waals surface area (Å²) >= 11 is 1.40. The van der Waals surface area contributed by atoms with Gasteiger partial charge in [-0.2, -0.15) is 5.26 Å². The molecule has 5 heteroatoms. The van der Waals surface area contributed by atoms with Crippen LogP contribution in [-0.4, -0.2) is 11.6 Å². The molecule has 1 heterocycles. The summed E-state index contributed by atoms with van der Waals surface area (Å²) in [5, 5.41) is 12.0. The number of halogens is 1. The Bertz CT molecular complexity index is 953. The minimum absolute atomic E-state index is 0.283. The summed E-state index contributed by atoms with van der Waals surface area (Å²) in [6.07, 6.45) is 3.93. The topological polar surface area (TPSA) is 45.9 Å². The maximum atomic E-state index is 13.1. The average molecular weight is 378 g/mol. The molecule has 0 aliphatic rings. The van der Waals surface area contributed by atoms with Crippen LogP contribution < -0.4 is 4.74 Å². The number of rotatable bonds is 7. The maximum absolute atomic E-state index is 13.1. The molecule has 0 unspecified atom stereocenters. The fraction of sp³-hybridized carbons (Fsp3) is 0.182. The zero-order valence-corrected chi connectivity index (χ0v) is 15.8. The molecule has 0 saturated carbocycles. The minimum atomic E-state index is -0.283. The number of nitrogens with zero attached hydrogens (tertiary/aromatic N) is 2. The van der Waals surface area contributed by atoms with Crippen LogP contribution in [0.2, 0.25) is 0 Å². The fourth-order valence-corrected chi connectivity index (χ4v) is 3.25. The Morgan fingerprint density at radius 1 is 1.19 bits per heavy atom. The molecule has 0 amide bonds. The van der Waals surface area contributed by atoms with Gasteiger partial charge in [0, 0.05) is 10.9 Å². The van der Waals surface area contributed by atoms with Gasteiger partial charge in [-0.3, -0.25) is 0 Å². The highest BCUT2D eigenvalue weighted by atomic mass is 32.1. The third kappa shape index (κ3) is 5.02. The summed E-state index contributed by atoms with van der Waals surface area (Å²) in [6, 6.07) is 16.0. The lowest BCUT2D eigenvalue weighted by molar-refractivity contribution is 0.309. The van der Waals surface area contributed by atoms with Crippen molar-refractivity contribution in [3.63, 3.8) is 0 Å². The maximum Gasteiger partial charge on any atom is 0.134 e. The van der Waals surface area contributed by atoms with Crippen molar-refractivity contribution in [3.05, 3.63) is 70.3 Å². The Morgan fingerprint density at radius 3 is 2.59 bits per heavy atom. The lowest BCUT2D eigenvalue weighted by Gasteiger charge is -2.05. The minimum Gasteiger partial charge on any atom is -0.494 e. The molecule has 0 bridgehead atoms. The van der Waals surface area contributed by atoms with Crippen molar-refractivity contribution >= 4 is 23.0 Å². The number of thiazole rings is 1. The number of nitriles is 1. The Labute approximate surface area is 162 Å². The summed E-state index contributed by atoms with van der Waals surface area (Å²) in [5.74, 6) is 0.542. The molecular formula is C22H19FN2OS. The zero-order valence-electron chi connectivity index (χ0n) is 15.0. The van der Waals surface area contributed by atoms with Crippen molar-refractivity contribution in [1.29, 1.82) is 5.26 Å². The Kier molecular flexibility index (Phi) is 6.35. The number of hydrogen-bond donors (Lipinski definition) is 0. The molecule has 1 aromatic heterocycles. The van der Waals surface area contributed by atoms with Gasteiger partial charge in [-0.25, -0.2) is 9.37 Å². The number of aromatic nitrogens is 1. The van der Waals surface area contributed by atoms with E-state index in [1.165, 1.54) is 23.5 Å². The van der Waals surface area contributed by atoms with Crippen LogP contribution in [0.3, 0.4) is 0 Å². The molecule has 2 aromatic carbocycles. The first-order chi connectivity index (χ1) is 13.2. The summed E-state index contributed by atoms with van der Waals surface area (Å²) < 4.78 is 18.7. The quantitative estimate of drug-likeness (QED) is 0.364. The van der Waals surface area contributed by atoms with Gasteiger partial charge in [0.15, 0.2) is 0 Å². The van der Waals surface area contributed by atoms with Gasteiger partial charge in [0.1, 0.15) is 22.6 Å². The number of allylic oxidation sites excluding steroid dienone is 1. The van der Waals surface area contributed by atoms with Gasteiger partial charge in [0.25, 0.3) is 0 Å². The monoisotopic (exact) mass is 378 g/mol. The fourth-order valence-electron chi connectivity index (χ4n) is 2.45. The summed E-state index contributed by atoms with van der Waals surface area (Å²) in [6.45, 7) is 2.83. The Morgan fingerprint density at radius 2 is 1.93 bits per heavy atom. The second-order valence-electron chi connectivity index (χ2n) is 5.99. The van der Waals surface area contributed by atoms with Crippen LogP contribution in [0.1, 0.15) is 30.3 Å². The van der Waals surface area contributed by atoms with Gasteiger partial charge in [-0.1, -0.05) is 25.5 Å². The third-order valence-corrected chi connectivity index (χ3v) is 4.83. The predicted octanol–water partition coefficient (Wildman–Crippen LogP) is 6.19. The second kappa shape index (κ2) is 9.11. The van der Waals surface area contributed by atoms with Gasteiger partial charge >= 0.3 is 0 Å². The van der Waals surface area contributed by atoms with E-state index in [9.17, 15) is 9.65 Å². The smallest absolute Gasteiger partial charge is 0.134 e. The van der Waals surface area contributed by atoms with Crippen LogP contribution in [0, 0.1) is 17.1 Å². The Balaban J connectivity index is 1.77. The van der Waals surface area contributed by atoms with Crippen LogP contribution in [-0.2, 0) is 0 Å². The zero-order chi connectivity index (χ0) is 19.1. The summed E-state index contributed by atoms with van der Waals surface area (Å²) in [7, 11) is 0. The molecule has 3 aromatic rings. The molecule has 0 fully saturated rings. The molecule has 0 N–H and O–H groups in total. The van der Waals surface area contributed by atoms with E-state index in [2.05, 4.69) is 18.0 Å². The standard InChI is InChI=1S/C22H19FN2OS/c1-2-3-12-26-20-10-4-16(5-11-20)13-18(14-24)22-25-21(15-27-22)17-6-8-19(23)9-7-17/h4-11,13,15H,2-3,12H2,1H3/b18-13-. The lowest BCUT2D eigenvalue weighted by atomic mass is 10.1. The van der Waals surface area contributed by atoms with E-state index in [4.69, 9.17) is 4.74 Å². The van der Waals surface area contributed by atoms with E-state index in [1.54, 1.807) is 12.1 Å². The first-order valence-corrected chi connectivity index (χ1v) is 9.64. The van der Waals surface area contributed by atoms with Crippen LogP contribution in [0.25, 0.3) is 22.9 Å². The molecule has 27 heavy (non-hydrogen) atoms. The summed E-state index contributed by atoms with van der Waals surface area (Å²) in [5.41, 5.74) is 2.96. The van der Waals surface area contributed by atoms with Gasteiger partial charge in [-0.15, -0.1) is 11.3 Å². The first-order valence-electron chi connectivity index (χ1n) is 8.76. The third-order valence-electron chi connectivity index (χ3n) is 3.95. The van der Waals surface area contributed by atoms with Gasteiger partial charge in [0.2, 0.25) is 0 Å². The van der Waals surface area contributed by atoms with Gasteiger partial charge < -0.3 is 4.74 Å². The normalized spacial score (nSPS) is 11.2. The van der Waals surface area contributed by atoms with Crippen LogP contribution in [0.4, 0.5) is 4.39 Å². The van der Waals surface area contributed by atoms with E-state index in [0.717, 1.165) is 35.4 Å². The lowest BCUT2D eigenvalue weighted by Crippen LogP contribution is -1.95. The van der Waals surface area contributed by atoms with Crippen LogP contribution in [0.15, 0.2) is 53.9 Å². The van der Waals surface area contributed by atoms with Crippen molar-refractivity contribution in [2.45, 2.75) is 19.8 Å². The number of unbranched alkanes of at least 4 members (excludes halogenated alkanes) is 1. The molecule has 0 saturated heterocycles. The average Bonchev–Trinajstić information content (AvgIpc) is 3.18. The van der Waals surface area contributed by atoms with Crippen molar-refractivity contribution in [2.24, 2.45) is 0 Å². The van der Waals surface area contributed by atoms with Gasteiger partial charge in [-0.05, 0) is 54.5 Å². The highest BCUT2D eigenvalue weighted by Crippen LogP contribution is 2.27. The molecule has 3 rings (SSSR count). The summed E-state index contributed by atoms with van der Waals surface area (Å²) in [4.78, 5) is 4.53. The van der Waals surface area contributed by atoms with Crippen molar-refractivity contribution in [3.8, 4) is 23.1 Å². The largest absolute Gasteiger partial charge is 0.494 e. The molecule has 0 atom stereocenters. The molecule has 0 spiro atoms. The SMILES string of the molecule is CCCCOc1ccc(/C=C(/C#N)c2nc(-c3ccc(F)cc3)cs2)cc1. The van der Waals surface area contributed by atoms with Crippen molar-refractivity contribution < 1.29 is 9.13 Å².